The third-order valence-corrected chi connectivity index (χ3v) is 4.51. The number of nitrogens with one attached hydrogen (secondary N) is 1. The molecule has 0 saturated carbocycles. The van der Waals surface area contributed by atoms with Crippen molar-refractivity contribution < 1.29 is 14.7 Å². The van der Waals surface area contributed by atoms with Gasteiger partial charge in [-0.15, -0.1) is 0 Å². The number of rotatable bonds is 7. The lowest BCUT2D eigenvalue weighted by Gasteiger charge is -2.16. The summed E-state index contributed by atoms with van der Waals surface area (Å²) in [6, 6.07) is 14.7. The van der Waals surface area contributed by atoms with Crippen LogP contribution in [0.5, 0.6) is 0 Å². The zero-order valence-electron chi connectivity index (χ0n) is 16.3. The van der Waals surface area contributed by atoms with Crippen molar-refractivity contribution in [2.24, 2.45) is 5.92 Å². The molecule has 0 unspecified atom stereocenters. The molecule has 0 aliphatic heterocycles. The second kappa shape index (κ2) is 8.68. The van der Waals surface area contributed by atoms with Crippen molar-refractivity contribution >= 4 is 22.6 Å². The Kier molecular flexibility index (Phi) is 6.07. The van der Waals surface area contributed by atoms with Crippen LogP contribution in [0.4, 0.5) is 0 Å². The van der Waals surface area contributed by atoms with Gasteiger partial charge in [0.1, 0.15) is 6.04 Å². The van der Waals surface area contributed by atoms with E-state index in [1.54, 1.807) is 36.4 Å². The smallest absolute Gasteiger partial charge is 0.326 e. The van der Waals surface area contributed by atoms with Crippen LogP contribution in [0.15, 0.2) is 59.4 Å². The van der Waals surface area contributed by atoms with E-state index in [0.29, 0.717) is 17.3 Å². The molecule has 1 aromatic heterocycles. The standard InChI is InChI=1S/C22H23N3O4/c1-14(2)13-25-21(27)17-11-7-6-10-16(17)19(24-25)20(26)23-18(22(28)29)12-15-8-4-3-5-9-15/h3-11,14,18H,12-13H2,1-2H3,(H,23,26)(H,28,29)/t18-/m1/s1. The van der Waals surface area contributed by atoms with Gasteiger partial charge in [-0.2, -0.15) is 5.10 Å². The van der Waals surface area contributed by atoms with Gasteiger partial charge in [-0.1, -0.05) is 62.4 Å². The van der Waals surface area contributed by atoms with E-state index in [9.17, 15) is 19.5 Å². The van der Waals surface area contributed by atoms with Crippen molar-refractivity contribution in [2.75, 3.05) is 0 Å². The van der Waals surface area contributed by atoms with Crippen molar-refractivity contribution in [2.45, 2.75) is 32.9 Å². The fourth-order valence-electron chi connectivity index (χ4n) is 3.15. The minimum atomic E-state index is -1.14. The maximum absolute atomic E-state index is 13.0. The Labute approximate surface area is 168 Å². The lowest BCUT2D eigenvalue weighted by molar-refractivity contribution is -0.139. The van der Waals surface area contributed by atoms with Crippen molar-refractivity contribution in [1.82, 2.24) is 15.1 Å². The summed E-state index contributed by atoms with van der Waals surface area (Å²) in [5, 5.41) is 17.2. The number of fused-ring (bicyclic) bond motifs is 1. The van der Waals surface area contributed by atoms with Crippen LogP contribution in [0.2, 0.25) is 0 Å². The molecule has 0 radical (unpaired) electrons. The molecule has 0 bridgehead atoms. The quantitative estimate of drug-likeness (QED) is 0.642. The molecule has 0 saturated heterocycles. The van der Waals surface area contributed by atoms with Gasteiger partial charge in [0.05, 0.1) is 5.39 Å². The van der Waals surface area contributed by atoms with Crippen LogP contribution in [-0.4, -0.2) is 32.8 Å². The molecule has 1 atom stereocenters. The molecule has 1 amide bonds. The second-order valence-corrected chi connectivity index (χ2v) is 7.33. The summed E-state index contributed by atoms with van der Waals surface area (Å²) in [5.74, 6) is -1.61. The van der Waals surface area contributed by atoms with Crippen LogP contribution < -0.4 is 10.9 Å². The third kappa shape index (κ3) is 4.68. The highest BCUT2D eigenvalue weighted by Crippen LogP contribution is 2.14. The molecule has 0 aliphatic carbocycles. The maximum atomic E-state index is 13.0. The van der Waals surface area contributed by atoms with E-state index in [1.165, 1.54) is 4.68 Å². The molecular formula is C22H23N3O4. The van der Waals surface area contributed by atoms with Crippen molar-refractivity contribution in [1.29, 1.82) is 0 Å². The third-order valence-electron chi connectivity index (χ3n) is 4.51. The first-order valence-corrected chi connectivity index (χ1v) is 9.44. The Hall–Kier alpha value is -3.48. The highest BCUT2D eigenvalue weighted by atomic mass is 16.4. The van der Waals surface area contributed by atoms with E-state index in [0.717, 1.165) is 5.56 Å². The Morgan fingerprint density at radius 2 is 1.66 bits per heavy atom. The molecule has 2 N–H and O–H groups in total. The van der Waals surface area contributed by atoms with Crippen molar-refractivity contribution in [3.63, 3.8) is 0 Å². The topological polar surface area (TPSA) is 101 Å². The summed E-state index contributed by atoms with van der Waals surface area (Å²) in [5.41, 5.74) is 0.563. The molecule has 7 nitrogen and oxygen atoms in total. The van der Waals surface area contributed by atoms with E-state index in [-0.39, 0.29) is 23.6 Å². The molecule has 0 fully saturated rings. The first kappa shape index (κ1) is 20.3. The first-order valence-electron chi connectivity index (χ1n) is 9.44. The predicted molar refractivity (Wildman–Crippen MR) is 110 cm³/mol. The van der Waals surface area contributed by atoms with Crippen LogP contribution in [0.1, 0.15) is 29.9 Å². The van der Waals surface area contributed by atoms with Crippen LogP contribution in [-0.2, 0) is 17.8 Å². The molecule has 29 heavy (non-hydrogen) atoms. The fraction of sp³-hybridized carbons (Fsp3) is 0.273. The molecule has 7 heteroatoms. The fourth-order valence-corrected chi connectivity index (χ4v) is 3.15. The molecule has 0 aliphatic rings. The number of carboxylic acid groups (broad SMARTS) is 1. The Morgan fingerprint density at radius 1 is 1.03 bits per heavy atom. The van der Waals surface area contributed by atoms with Crippen LogP contribution in [0.3, 0.4) is 0 Å². The number of aromatic nitrogens is 2. The largest absolute Gasteiger partial charge is 0.480 e. The van der Waals surface area contributed by atoms with E-state index >= 15 is 0 Å². The molecule has 3 rings (SSSR count). The maximum Gasteiger partial charge on any atom is 0.326 e. The number of carboxylic acids is 1. The number of hydrogen-bond donors (Lipinski definition) is 2. The van der Waals surface area contributed by atoms with Gasteiger partial charge in [0, 0.05) is 18.4 Å². The minimum Gasteiger partial charge on any atom is -0.480 e. The van der Waals surface area contributed by atoms with Gasteiger partial charge >= 0.3 is 5.97 Å². The Bertz CT molecular complexity index is 1090. The van der Waals surface area contributed by atoms with E-state index < -0.39 is 17.9 Å². The Balaban J connectivity index is 1.97. The lowest BCUT2D eigenvalue weighted by Crippen LogP contribution is -2.43. The number of carbonyl (C=O) groups is 2. The summed E-state index contributed by atoms with van der Waals surface area (Å²) >= 11 is 0. The number of aliphatic carboxylic acids is 1. The lowest BCUT2D eigenvalue weighted by atomic mass is 10.1. The monoisotopic (exact) mass is 393 g/mol. The second-order valence-electron chi connectivity index (χ2n) is 7.33. The molecule has 150 valence electrons. The van der Waals surface area contributed by atoms with E-state index in [4.69, 9.17) is 0 Å². The number of nitrogens with zero attached hydrogens (tertiary/aromatic N) is 2. The SMILES string of the molecule is CC(C)Cn1nc(C(=O)N[C@H](Cc2ccccc2)C(=O)O)c2ccccc2c1=O. The number of carbonyl (C=O) groups excluding carboxylic acids is 1. The first-order chi connectivity index (χ1) is 13.9. The summed E-state index contributed by atoms with van der Waals surface area (Å²) in [7, 11) is 0. The highest BCUT2D eigenvalue weighted by Gasteiger charge is 2.24. The number of hydrogen-bond acceptors (Lipinski definition) is 4. The molecule has 3 aromatic rings. The number of amides is 1. The number of benzene rings is 2. The van der Waals surface area contributed by atoms with Gasteiger partial charge in [-0.05, 0) is 17.5 Å². The van der Waals surface area contributed by atoms with Gasteiger partial charge in [0.2, 0.25) is 0 Å². The van der Waals surface area contributed by atoms with Gasteiger partial charge in [0.15, 0.2) is 5.69 Å². The zero-order valence-corrected chi connectivity index (χ0v) is 16.3. The molecular weight excluding hydrogens is 370 g/mol. The molecule has 0 spiro atoms. The van der Waals surface area contributed by atoms with Crippen molar-refractivity contribution in [3.05, 3.63) is 76.2 Å². The predicted octanol–water partition coefficient (Wildman–Crippen LogP) is 2.48. The summed E-state index contributed by atoms with van der Waals surface area (Å²) in [6.07, 6.45) is 0.144. The molecule has 1 heterocycles. The molecule has 2 aromatic carbocycles. The van der Waals surface area contributed by atoms with Gasteiger partial charge in [0.25, 0.3) is 11.5 Å². The Morgan fingerprint density at radius 3 is 2.28 bits per heavy atom. The summed E-state index contributed by atoms with van der Waals surface area (Å²) in [6.45, 7) is 4.25. The average Bonchev–Trinajstić information content (AvgIpc) is 2.70. The average molecular weight is 393 g/mol. The van der Waals surface area contributed by atoms with E-state index in [2.05, 4.69) is 10.4 Å². The van der Waals surface area contributed by atoms with Crippen LogP contribution in [0.25, 0.3) is 10.8 Å². The van der Waals surface area contributed by atoms with Crippen LogP contribution in [0, 0.1) is 5.92 Å². The van der Waals surface area contributed by atoms with Gasteiger partial charge in [-0.3, -0.25) is 9.59 Å². The van der Waals surface area contributed by atoms with E-state index in [1.807, 2.05) is 32.0 Å². The summed E-state index contributed by atoms with van der Waals surface area (Å²) in [4.78, 5) is 37.4. The summed E-state index contributed by atoms with van der Waals surface area (Å²) < 4.78 is 1.27. The normalized spacial score (nSPS) is 12.1. The van der Waals surface area contributed by atoms with Gasteiger partial charge in [-0.25, -0.2) is 9.48 Å². The minimum absolute atomic E-state index is 0.0418. The van der Waals surface area contributed by atoms with Gasteiger partial charge < -0.3 is 10.4 Å². The highest BCUT2D eigenvalue weighted by molar-refractivity contribution is 6.05. The zero-order chi connectivity index (χ0) is 21.0. The van der Waals surface area contributed by atoms with Crippen molar-refractivity contribution in [3.8, 4) is 0 Å². The van der Waals surface area contributed by atoms with Crippen LogP contribution >= 0.6 is 0 Å².